The van der Waals surface area contributed by atoms with Crippen molar-refractivity contribution >= 4 is 45.9 Å². The molecule has 6 heterocycles. The van der Waals surface area contributed by atoms with Gasteiger partial charge in [0.1, 0.15) is 18.1 Å². The third-order valence-corrected chi connectivity index (χ3v) is 12.7. The number of aryl methyl sites for hydroxylation is 1. The van der Waals surface area contributed by atoms with Crippen LogP contribution in [0.2, 0.25) is 0 Å². The number of thiazole rings is 1. The molecule has 2 saturated heterocycles. The third kappa shape index (κ3) is 8.66. The summed E-state index contributed by atoms with van der Waals surface area (Å²) in [5, 5.41) is 8.15. The molecule has 59 heavy (non-hydrogen) atoms. The quantitative estimate of drug-likeness (QED) is 0.212. The van der Waals surface area contributed by atoms with Crippen molar-refractivity contribution in [1.29, 1.82) is 0 Å². The number of likely N-dealkylation sites (N-methyl/N-ethyl adjacent to an activating group) is 1. The van der Waals surface area contributed by atoms with E-state index in [1.165, 1.54) is 21.2 Å². The molecule has 1 unspecified atom stereocenters. The van der Waals surface area contributed by atoms with Gasteiger partial charge in [0.2, 0.25) is 11.8 Å². The Balaban J connectivity index is 1.31. The summed E-state index contributed by atoms with van der Waals surface area (Å²) >= 11 is 1.42. The van der Waals surface area contributed by atoms with Crippen molar-refractivity contribution in [3.63, 3.8) is 0 Å². The van der Waals surface area contributed by atoms with E-state index in [0.717, 1.165) is 44.7 Å². The Labute approximate surface area is 350 Å². The molecule has 14 nitrogen and oxygen atoms in total. The minimum atomic E-state index is -1.03. The molecule has 15 heteroatoms. The summed E-state index contributed by atoms with van der Waals surface area (Å²) in [5.74, 6) is -1.97. The number of aromatic nitrogens is 3. The smallest absolute Gasteiger partial charge is 0.324 e. The average Bonchev–Trinajstić information content (AvgIpc) is 3.79. The van der Waals surface area contributed by atoms with E-state index in [4.69, 9.17) is 24.2 Å². The van der Waals surface area contributed by atoms with Crippen molar-refractivity contribution in [3.05, 3.63) is 58.2 Å². The fourth-order valence-corrected chi connectivity index (χ4v) is 9.40. The predicted octanol–water partition coefficient (Wildman–Crippen LogP) is 5.33. The molecule has 3 amide bonds. The number of cyclic esters (lactones) is 1. The van der Waals surface area contributed by atoms with Crippen LogP contribution in [0.1, 0.15) is 76.8 Å². The highest BCUT2D eigenvalue weighted by atomic mass is 32.1. The number of hydrazine groups is 1. The minimum Gasteiger partial charge on any atom is -0.464 e. The number of pyridine rings is 1. The first-order valence-corrected chi connectivity index (χ1v) is 21.6. The first kappa shape index (κ1) is 42.4. The van der Waals surface area contributed by atoms with Gasteiger partial charge in [-0.3, -0.25) is 29.2 Å². The molecule has 7 rings (SSSR count). The Morgan fingerprint density at radius 1 is 1.17 bits per heavy atom. The second-order valence-corrected chi connectivity index (χ2v) is 18.1. The molecule has 0 saturated carbocycles. The van der Waals surface area contributed by atoms with Gasteiger partial charge in [-0.1, -0.05) is 33.8 Å². The number of carbonyl (C=O) groups excluding carboxylic acids is 4. The van der Waals surface area contributed by atoms with Crippen LogP contribution < -0.4 is 10.7 Å². The molecule has 3 aromatic heterocycles. The molecule has 2 N–H and O–H groups in total. The molecule has 0 aliphatic carbocycles. The average molecular weight is 828 g/mol. The lowest BCUT2D eigenvalue weighted by Crippen LogP contribution is -2.62. The summed E-state index contributed by atoms with van der Waals surface area (Å²) in [6.45, 7) is 13.9. The molecule has 6 bridgehead atoms. The number of amides is 3. The highest BCUT2D eigenvalue weighted by Gasteiger charge is 2.40. The zero-order valence-electron chi connectivity index (χ0n) is 35.4. The highest BCUT2D eigenvalue weighted by Crippen LogP contribution is 2.42. The molecular formula is C44H57N7O7S. The summed E-state index contributed by atoms with van der Waals surface area (Å²) in [6, 6.07) is 7.83. The Kier molecular flexibility index (Phi) is 12.6. The molecule has 3 aliphatic heterocycles. The Bertz CT molecular complexity index is 2210. The van der Waals surface area contributed by atoms with Crippen molar-refractivity contribution in [2.24, 2.45) is 17.3 Å². The zero-order chi connectivity index (χ0) is 42.2. The lowest BCUT2D eigenvalue weighted by Gasteiger charge is -2.37. The van der Waals surface area contributed by atoms with E-state index < -0.39 is 41.3 Å². The van der Waals surface area contributed by atoms with Crippen molar-refractivity contribution in [2.45, 2.75) is 98.0 Å². The van der Waals surface area contributed by atoms with Gasteiger partial charge >= 0.3 is 5.97 Å². The van der Waals surface area contributed by atoms with Crippen LogP contribution in [-0.4, -0.2) is 107 Å². The monoisotopic (exact) mass is 827 g/mol. The van der Waals surface area contributed by atoms with Gasteiger partial charge in [-0.2, -0.15) is 0 Å². The van der Waals surface area contributed by atoms with Crippen molar-refractivity contribution < 1.29 is 33.4 Å². The zero-order valence-corrected chi connectivity index (χ0v) is 36.2. The maximum absolute atomic E-state index is 14.4. The Morgan fingerprint density at radius 3 is 2.64 bits per heavy atom. The summed E-state index contributed by atoms with van der Waals surface area (Å²) in [6.07, 6.45) is 3.30. The van der Waals surface area contributed by atoms with Gasteiger partial charge in [-0.05, 0) is 68.9 Å². The van der Waals surface area contributed by atoms with Crippen LogP contribution in [0.15, 0.2) is 41.9 Å². The number of methoxy groups -OCH3 is 1. The third-order valence-electron chi connectivity index (χ3n) is 11.8. The van der Waals surface area contributed by atoms with Gasteiger partial charge in [0, 0.05) is 72.7 Å². The van der Waals surface area contributed by atoms with Gasteiger partial charge in [-0.15, -0.1) is 11.3 Å². The first-order chi connectivity index (χ1) is 28.2. The maximum Gasteiger partial charge on any atom is 0.324 e. The molecule has 316 valence electrons. The van der Waals surface area contributed by atoms with E-state index in [1.807, 2.05) is 32.2 Å². The standard InChI is InChI=1S/C44H57N7O7S/c1-9-50-35-15-14-27-18-30(35)31(39(50)29-12-10-16-45-37(29)26(4)56-8)20-44(5,6)24-58-43(55)32-13-11-17-51(48-32)42(54)33(19-36-46-34(27)23-59-36)47-40(52)38(25(2)3)49(7)41(53)28-21-57-22-28/h10,12,14-16,18,23,25-26,28,32-33,38,48H,9,11,13,17,19-22,24H2,1-8H3,(H,47,52)/t26-,32-,33-,38?/m0/s1. The molecule has 2 fully saturated rings. The van der Waals surface area contributed by atoms with E-state index in [9.17, 15) is 19.2 Å². The normalized spacial score (nSPS) is 21.1. The topological polar surface area (TPSA) is 157 Å². The number of ether oxygens (including phenoxy) is 3. The largest absolute Gasteiger partial charge is 0.464 e. The highest BCUT2D eigenvalue weighted by molar-refractivity contribution is 7.10. The van der Waals surface area contributed by atoms with Gasteiger partial charge in [0.15, 0.2) is 0 Å². The molecule has 0 spiro atoms. The summed E-state index contributed by atoms with van der Waals surface area (Å²) < 4.78 is 19.4. The minimum absolute atomic E-state index is 0.112. The molecule has 4 atom stereocenters. The summed E-state index contributed by atoms with van der Waals surface area (Å²) in [5.41, 5.74) is 9.37. The summed E-state index contributed by atoms with van der Waals surface area (Å²) in [7, 11) is 3.32. The SMILES string of the molecule is CCn1c(-c2cccnc2[C@H](C)OC)c2c3cc(ccc31)-c1csc(n1)C[C@H](NC(=O)C(C(C)C)N(C)C(=O)C1COC1)C(=O)N1CCC[C@H](N1)C(=O)OCC(C)(C)C2. The van der Waals surface area contributed by atoms with Gasteiger partial charge in [0.25, 0.3) is 5.91 Å². The number of hydrogen-bond acceptors (Lipinski definition) is 11. The Morgan fingerprint density at radius 2 is 1.95 bits per heavy atom. The fraction of sp³-hybridized carbons (Fsp3) is 0.545. The van der Waals surface area contributed by atoms with Crippen LogP contribution in [0, 0.1) is 17.3 Å². The number of esters is 1. The van der Waals surface area contributed by atoms with Gasteiger partial charge in [-0.25, -0.2) is 10.4 Å². The molecule has 0 radical (unpaired) electrons. The summed E-state index contributed by atoms with van der Waals surface area (Å²) in [4.78, 5) is 67.0. The van der Waals surface area contributed by atoms with Crippen LogP contribution in [0.5, 0.6) is 0 Å². The van der Waals surface area contributed by atoms with Crippen LogP contribution in [-0.2, 0) is 52.8 Å². The van der Waals surface area contributed by atoms with Gasteiger partial charge in [0.05, 0.1) is 53.9 Å². The van der Waals surface area contributed by atoms with Crippen LogP contribution in [0.25, 0.3) is 33.4 Å². The number of hydrogen-bond donors (Lipinski definition) is 2. The molecule has 3 aliphatic rings. The Hall–Kier alpha value is -4.70. The number of carbonyl (C=O) groups is 4. The molecular weight excluding hydrogens is 771 g/mol. The van der Waals surface area contributed by atoms with E-state index in [-0.39, 0.29) is 36.9 Å². The van der Waals surface area contributed by atoms with Gasteiger partial charge < -0.3 is 29.0 Å². The van der Waals surface area contributed by atoms with Crippen molar-refractivity contribution in [2.75, 3.05) is 40.5 Å². The van der Waals surface area contributed by atoms with Crippen LogP contribution in [0.4, 0.5) is 0 Å². The van der Waals surface area contributed by atoms with E-state index >= 15 is 0 Å². The van der Waals surface area contributed by atoms with Crippen molar-refractivity contribution in [1.82, 2.24) is 35.2 Å². The maximum atomic E-state index is 14.4. The van der Waals surface area contributed by atoms with Crippen LogP contribution >= 0.6 is 11.3 Å². The number of rotatable bonds is 9. The van der Waals surface area contributed by atoms with E-state index in [1.54, 1.807) is 20.4 Å². The fourth-order valence-electron chi connectivity index (χ4n) is 8.55. The lowest BCUT2D eigenvalue weighted by molar-refractivity contribution is -0.156. The lowest BCUT2D eigenvalue weighted by atomic mass is 9.84. The van der Waals surface area contributed by atoms with E-state index in [0.29, 0.717) is 50.6 Å². The second kappa shape index (κ2) is 17.5. The first-order valence-electron chi connectivity index (χ1n) is 20.7. The number of nitrogens with one attached hydrogen (secondary N) is 2. The number of benzene rings is 1. The number of nitrogens with zero attached hydrogens (tertiary/aromatic N) is 5. The van der Waals surface area contributed by atoms with E-state index in [2.05, 4.69) is 60.3 Å². The predicted molar refractivity (Wildman–Crippen MR) is 225 cm³/mol. The molecule has 1 aromatic carbocycles. The second-order valence-electron chi connectivity index (χ2n) is 17.1. The van der Waals surface area contributed by atoms with Crippen molar-refractivity contribution in [3.8, 4) is 22.5 Å². The molecule has 4 aromatic rings. The van der Waals surface area contributed by atoms with Crippen LogP contribution in [0.3, 0.4) is 0 Å². The number of fused-ring (bicyclic) bond motifs is 6.